The monoisotopic (exact) mass is 322 g/mol. The zero-order valence-corrected chi connectivity index (χ0v) is 14.8. The molecule has 24 heavy (non-hydrogen) atoms. The minimum atomic E-state index is -0.201. The van der Waals surface area contributed by atoms with E-state index in [9.17, 15) is 4.79 Å². The molecule has 0 spiro atoms. The van der Waals surface area contributed by atoms with Crippen LogP contribution < -0.4 is 9.80 Å². The largest absolute Gasteiger partial charge is 0.371 e. The molecule has 0 atom stereocenters. The maximum Gasteiger partial charge on any atom is 0.227 e. The molecular formula is C21H26N2O. The summed E-state index contributed by atoms with van der Waals surface area (Å²) >= 11 is 0. The van der Waals surface area contributed by atoms with Gasteiger partial charge in [-0.1, -0.05) is 42.5 Å². The minimum Gasteiger partial charge on any atom is -0.371 e. The number of fused-ring (bicyclic) bond motifs is 1. The lowest BCUT2D eigenvalue weighted by atomic mass is 9.95. The number of para-hydroxylation sites is 2. The van der Waals surface area contributed by atoms with Gasteiger partial charge in [-0.2, -0.15) is 0 Å². The molecule has 0 radical (unpaired) electrons. The second kappa shape index (κ2) is 6.68. The Hall–Kier alpha value is -2.29. The molecule has 1 aliphatic heterocycles. The Morgan fingerprint density at radius 1 is 1.00 bits per heavy atom. The summed E-state index contributed by atoms with van der Waals surface area (Å²) in [4.78, 5) is 17.2. The number of benzene rings is 2. The second-order valence-corrected chi connectivity index (χ2v) is 7.23. The van der Waals surface area contributed by atoms with Crippen LogP contribution in [0.2, 0.25) is 0 Å². The number of amides is 1. The maximum absolute atomic E-state index is 13.0. The quantitative estimate of drug-likeness (QED) is 0.839. The molecule has 0 N–H and O–H groups in total. The second-order valence-electron chi connectivity index (χ2n) is 7.23. The van der Waals surface area contributed by atoms with Crippen molar-refractivity contribution in [1.29, 1.82) is 0 Å². The first-order valence-corrected chi connectivity index (χ1v) is 8.66. The number of rotatable bonds is 4. The van der Waals surface area contributed by atoms with Crippen LogP contribution in [0.5, 0.6) is 0 Å². The van der Waals surface area contributed by atoms with E-state index >= 15 is 0 Å². The standard InChI is InChI=1S/C21H26N2O/c1-21(2)16-22(3)18-13-7-8-14-19(18)23(21)20(24)15-9-12-17-10-5-4-6-11-17/h4-8,10-11,13-14H,9,12,15-16H2,1-3H3. The molecule has 3 heteroatoms. The van der Waals surface area contributed by atoms with Gasteiger partial charge in [0.1, 0.15) is 0 Å². The molecule has 0 aliphatic carbocycles. The van der Waals surface area contributed by atoms with Crippen LogP contribution in [0.15, 0.2) is 54.6 Å². The fraction of sp³-hybridized carbons (Fsp3) is 0.381. The van der Waals surface area contributed by atoms with Crippen molar-refractivity contribution in [2.45, 2.75) is 38.6 Å². The van der Waals surface area contributed by atoms with Crippen LogP contribution >= 0.6 is 0 Å². The first-order chi connectivity index (χ1) is 11.5. The van der Waals surface area contributed by atoms with Gasteiger partial charge in [0.15, 0.2) is 0 Å². The Bertz CT molecular complexity index is 709. The minimum absolute atomic E-state index is 0.201. The van der Waals surface area contributed by atoms with Gasteiger partial charge in [-0.3, -0.25) is 4.79 Å². The van der Waals surface area contributed by atoms with Crippen molar-refractivity contribution in [3.8, 4) is 0 Å². The average molecular weight is 322 g/mol. The Balaban J connectivity index is 1.74. The molecular weight excluding hydrogens is 296 g/mol. The SMILES string of the molecule is CN1CC(C)(C)N(C(=O)CCCc2ccccc2)c2ccccc21. The highest BCUT2D eigenvalue weighted by molar-refractivity contribution is 5.99. The van der Waals surface area contributed by atoms with E-state index in [0.29, 0.717) is 6.42 Å². The van der Waals surface area contributed by atoms with Crippen molar-refractivity contribution < 1.29 is 4.79 Å². The molecule has 1 heterocycles. The Labute approximate surface area is 144 Å². The molecule has 0 bridgehead atoms. The van der Waals surface area contributed by atoms with Crippen molar-refractivity contribution in [1.82, 2.24) is 0 Å². The zero-order chi connectivity index (χ0) is 17.2. The molecule has 0 saturated heterocycles. The van der Waals surface area contributed by atoms with Crippen molar-refractivity contribution in [2.75, 3.05) is 23.4 Å². The smallest absolute Gasteiger partial charge is 0.227 e. The normalized spacial score (nSPS) is 16.0. The van der Waals surface area contributed by atoms with E-state index in [1.807, 2.05) is 23.1 Å². The lowest BCUT2D eigenvalue weighted by Gasteiger charge is -2.47. The predicted octanol–water partition coefficient (Wildman–Crippen LogP) is 4.27. The molecule has 0 unspecified atom stereocenters. The van der Waals surface area contributed by atoms with Crippen LogP contribution in [-0.2, 0) is 11.2 Å². The summed E-state index contributed by atoms with van der Waals surface area (Å²) < 4.78 is 0. The summed E-state index contributed by atoms with van der Waals surface area (Å²) in [5, 5.41) is 0. The number of aryl methyl sites for hydroxylation is 1. The van der Waals surface area contributed by atoms with Crippen LogP contribution in [0.3, 0.4) is 0 Å². The van der Waals surface area contributed by atoms with E-state index in [1.165, 1.54) is 5.56 Å². The summed E-state index contributed by atoms with van der Waals surface area (Å²) in [6.07, 6.45) is 2.41. The first kappa shape index (κ1) is 16.6. The van der Waals surface area contributed by atoms with E-state index < -0.39 is 0 Å². The summed E-state index contributed by atoms with van der Waals surface area (Å²) in [7, 11) is 2.10. The fourth-order valence-corrected chi connectivity index (χ4v) is 3.71. The number of hydrogen-bond acceptors (Lipinski definition) is 2. The number of hydrogen-bond donors (Lipinski definition) is 0. The van der Waals surface area contributed by atoms with E-state index in [-0.39, 0.29) is 11.4 Å². The molecule has 3 nitrogen and oxygen atoms in total. The van der Waals surface area contributed by atoms with Crippen LogP contribution in [-0.4, -0.2) is 25.0 Å². The van der Waals surface area contributed by atoms with Gasteiger partial charge >= 0.3 is 0 Å². The Morgan fingerprint density at radius 3 is 2.33 bits per heavy atom. The van der Waals surface area contributed by atoms with E-state index in [0.717, 1.165) is 30.8 Å². The highest BCUT2D eigenvalue weighted by Gasteiger charge is 2.38. The summed E-state index contributed by atoms with van der Waals surface area (Å²) in [6, 6.07) is 18.6. The highest BCUT2D eigenvalue weighted by Crippen LogP contribution is 2.39. The molecule has 1 aliphatic rings. The van der Waals surface area contributed by atoms with Crippen molar-refractivity contribution in [3.63, 3.8) is 0 Å². The van der Waals surface area contributed by atoms with Crippen LogP contribution in [0, 0.1) is 0 Å². The van der Waals surface area contributed by atoms with Crippen LogP contribution in [0.1, 0.15) is 32.3 Å². The van der Waals surface area contributed by atoms with Gasteiger partial charge < -0.3 is 9.80 Å². The number of carbonyl (C=O) groups excluding carboxylic acids is 1. The lowest BCUT2D eigenvalue weighted by Crippen LogP contribution is -2.57. The van der Waals surface area contributed by atoms with E-state index in [4.69, 9.17) is 0 Å². The molecule has 3 rings (SSSR count). The molecule has 0 aromatic heterocycles. The van der Waals surface area contributed by atoms with Gasteiger partial charge in [-0.05, 0) is 44.4 Å². The third-order valence-electron chi connectivity index (χ3n) is 4.71. The van der Waals surface area contributed by atoms with Gasteiger partial charge in [-0.25, -0.2) is 0 Å². The summed E-state index contributed by atoms with van der Waals surface area (Å²) in [5.41, 5.74) is 3.25. The molecule has 1 amide bonds. The molecule has 0 saturated carbocycles. The van der Waals surface area contributed by atoms with Gasteiger partial charge in [0.25, 0.3) is 0 Å². The predicted molar refractivity (Wildman–Crippen MR) is 101 cm³/mol. The highest BCUT2D eigenvalue weighted by atomic mass is 16.2. The van der Waals surface area contributed by atoms with E-state index in [2.05, 4.69) is 62.2 Å². The third kappa shape index (κ3) is 3.30. The third-order valence-corrected chi connectivity index (χ3v) is 4.71. The number of carbonyl (C=O) groups is 1. The van der Waals surface area contributed by atoms with E-state index in [1.54, 1.807) is 0 Å². The Morgan fingerprint density at radius 2 is 1.62 bits per heavy atom. The molecule has 2 aromatic rings. The average Bonchev–Trinajstić information content (AvgIpc) is 2.55. The van der Waals surface area contributed by atoms with Crippen molar-refractivity contribution >= 4 is 17.3 Å². The summed E-state index contributed by atoms with van der Waals surface area (Å²) in [5.74, 6) is 0.219. The molecule has 0 fully saturated rings. The van der Waals surface area contributed by atoms with Crippen molar-refractivity contribution in [2.24, 2.45) is 0 Å². The zero-order valence-electron chi connectivity index (χ0n) is 14.8. The molecule has 2 aromatic carbocycles. The van der Waals surface area contributed by atoms with Crippen LogP contribution in [0.25, 0.3) is 0 Å². The summed E-state index contributed by atoms with van der Waals surface area (Å²) in [6.45, 7) is 5.14. The first-order valence-electron chi connectivity index (χ1n) is 8.66. The maximum atomic E-state index is 13.0. The van der Waals surface area contributed by atoms with Gasteiger partial charge in [0.2, 0.25) is 5.91 Å². The molecule has 126 valence electrons. The van der Waals surface area contributed by atoms with Crippen molar-refractivity contribution in [3.05, 3.63) is 60.2 Å². The van der Waals surface area contributed by atoms with Gasteiger partial charge in [0, 0.05) is 20.0 Å². The lowest BCUT2D eigenvalue weighted by molar-refractivity contribution is -0.119. The number of anilines is 2. The fourth-order valence-electron chi connectivity index (χ4n) is 3.71. The Kier molecular flexibility index (Phi) is 4.61. The van der Waals surface area contributed by atoms with Gasteiger partial charge in [0.05, 0.1) is 16.9 Å². The van der Waals surface area contributed by atoms with Gasteiger partial charge in [-0.15, -0.1) is 0 Å². The topological polar surface area (TPSA) is 23.6 Å². The number of nitrogens with zero attached hydrogens (tertiary/aromatic N) is 2. The van der Waals surface area contributed by atoms with Crippen LogP contribution in [0.4, 0.5) is 11.4 Å². The number of likely N-dealkylation sites (N-methyl/N-ethyl adjacent to an activating group) is 1.